The van der Waals surface area contributed by atoms with Gasteiger partial charge >= 0.3 is 0 Å². The van der Waals surface area contributed by atoms with Crippen molar-refractivity contribution in [2.24, 2.45) is 5.92 Å². The number of nitrogens with one attached hydrogen (secondary N) is 1. The van der Waals surface area contributed by atoms with Gasteiger partial charge in [0.15, 0.2) is 0 Å². The molecule has 1 aromatic heterocycles. The molecule has 162 valence electrons. The monoisotopic (exact) mass is 403 g/mol. The molecule has 29 heavy (non-hydrogen) atoms. The zero-order chi connectivity index (χ0) is 21.0. The average Bonchev–Trinajstić information content (AvgIpc) is 2.63. The summed E-state index contributed by atoms with van der Waals surface area (Å²) < 4.78 is 5.31. The second kappa shape index (κ2) is 9.39. The number of aromatic nitrogens is 2. The summed E-state index contributed by atoms with van der Waals surface area (Å²) in [4.78, 5) is 25.6. The topological polar surface area (TPSA) is 70.6 Å². The molecule has 2 heterocycles. The molecule has 2 fully saturated rings. The van der Waals surface area contributed by atoms with Gasteiger partial charge in [0, 0.05) is 57.7 Å². The maximum absolute atomic E-state index is 11.1. The number of anilines is 1. The molecule has 0 bridgehead atoms. The second-order valence-corrected chi connectivity index (χ2v) is 9.58. The van der Waals surface area contributed by atoms with Crippen molar-refractivity contribution < 1.29 is 9.53 Å². The summed E-state index contributed by atoms with van der Waals surface area (Å²) in [6, 6.07) is 2.48. The third-order valence-electron chi connectivity index (χ3n) is 5.92. The third kappa shape index (κ3) is 6.12. The van der Waals surface area contributed by atoms with E-state index < -0.39 is 0 Å². The minimum absolute atomic E-state index is 0.0851. The highest BCUT2D eigenvalue weighted by Crippen LogP contribution is 2.30. The van der Waals surface area contributed by atoms with Crippen LogP contribution in [0, 0.1) is 5.92 Å². The lowest BCUT2D eigenvalue weighted by molar-refractivity contribution is -0.120. The summed E-state index contributed by atoms with van der Waals surface area (Å²) in [7, 11) is 1.71. The van der Waals surface area contributed by atoms with E-state index in [4.69, 9.17) is 14.7 Å². The van der Waals surface area contributed by atoms with Gasteiger partial charge in [-0.3, -0.25) is 9.69 Å². The van der Waals surface area contributed by atoms with E-state index >= 15 is 0 Å². The highest BCUT2D eigenvalue weighted by molar-refractivity contribution is 5.73. The van der Waals surface area contributed by atoms with Crippen molar-refractivity contribution in [3.63, 3.8) is 0 Å². The molecule has 0 radical (unpaired) electrons. The van der Waals surface area contributed by atoms with Crippen molar-refractivity contribution >= 4 is 11.7 Å². The highest BCUT2D eigenvalue weighted by atomic mass is 16.5. The lowest BCUT2D eigenvalue weighted by atomic mass is 9.78. The van der Waals surface area contributed by atoms with Crippen LogP contribution in [0.25, 0.3) is 0 Å². The summed E-state index contributed by atoms with van der Waals surface area (Å²) in [5, 5.41) is 3.02. The molecule has 7 nitrogen and oxygen atoms in total. The van der Waals surface area contributed by atoms with Crippen LogP contribution in [-0.4, -0.2) is 66.7 Å². The predicted molar refractivity (Wildman–Crippen MR) is 115 cm³/mol. The number of nitrogens with zero attached hydrogens (tertiary/aromatic N) is 4. The van der Waals surface area contributed by atoms with Crippen LogP contribution in [0.1, 0.15) is 58.5 Å². The smallest absolute Gasteiger partial charge is 0.217 e. The molecule has 1 saturated carbocycles. The van der Waals surface area contributed by atoms with E-state index in [-0.39, 0.29) is 11.3 Å². The zero-order valence-corrected chi connectivity index (χ0v) is 18.7. The van der Waals surface area contributed by atoms with Gasteiger partial charge in [-0.1, -0.05) is 20.8 Å². The molecule has 1 saturated heterocycles. The Morgan fingerprint density at radius 2 is 1.90 bits per heavy atom. The van der Waals surface area contributed by atoms with Crippen molar-refractivity contribution in [1.82, 2.24) is 20.2 Å². The summed E-state index contributed by atoms with van der Waals surface area (Å²) in [5.41, 5.74) is 0.863. The highest BCUT2D eigenvalue weighted by Gasteiger charge is 2.30. The number of carbonyl (C=O) groups is 1. The Morgan fingerprint density at radius 3 is 2.48 bits per heavy atom. The molecule has 1 N–H and O–H groups in total. The van der Waals surface area contributed by atoms with E-state index in [0.29, 0.717) is 12.6 Å². The molecular weight excluding hydrogens is 366 g/mol. The quantitative estimate of drug-likeness (QED) is 0.754. The molecule has 1 aliphatic heterocycles. The number of ether oxygens (including phenoxy) is 1. The molecular formula is C22H37N5O2. The molecule has 2 aliphatic rings. The standard InChI is InChI=1S/C22H37N5O2/c1-16(28)23-18-12-17(13-18)6-7-26-8-10-27(11-9-26)20-14-19(15-29-5)24-21(25-20)22(2,3)4/h14,17-18H,6-13,15H2,1-5H3,(H,23,28). The first-order chi connectivity index (χ1) is 13.7. The third-order valence-corrected chi connectivity index (χ3v) is 5.92. The van der Waals surface area contributed by atoms with Gasteiger partial charge in [-0.05, 0) is 31.7 Å². The zero-order valence-electron chi connectivity index (χ0n) is 18.7. The summed E-state index contributed by atoms with van der Waals surface area (Å²) >= 11 is 0. The van der Waals surface area contributed by atoms with Crippen LogP contribution in [0.15, 0.2) is 6.07 Å². The molecule has 1 aliphatic carbocycles. The number of methoxy groups -OCH3 is 1. The molecule has 0 unspecified atom stereocenters. The Bertz CT molecular complexity index is 689. The first-order valence-corrected chi connectivity index (χ1v) is 10.9. The van der Waals surface area contributed by atoms with E-state index in [0.717, 1.165) is 68.8 Å². The van der Waals surface area contributed by atoms with Gasteiger partial charge in [-0.15, -0.1) is 0 Å². The Balaban J connectivity index is 1.49. The fraction of sp³-hybridized carbons (Fsp3) is 0.773. The summed E-state index contributed by atoms with van der Waals surface area (Å²) in [5.74, 6) is 2.76. The number of carbonyl (C=O) groups excluding carboxylic acids is 1. The van der Waals surface area contributed by atoms with Crippen LogP contribution in [0.4, 0.5) is 5.82 Å². The molecule has 1 amide bonds. The van der Waals surface area contributed by atoms with E-state index in [9.17, 15) is 4.79 Å². The normalized spacial score (nSPS) is 23.0. The molecule has 1 aromatic rings. The number of amides is 1. The maximum Gasteiger partial charge on any atom is 0.217 e. The number of hydrogen-bond acceptors (Lipinski definition) is 6. The number of hydrogen-bond donors (Lipinski definition) is 1. The van der Waals surface area contributed by atoms with E-state index in [1.807, 2.05) is 0 Å². The molecule has 7 heteroatoms. The first kappa shape index (κ1) is 22.0. The van der Waals surface area contributed by atoms with Gasteiger partial charge < -0.3 is 15.0 Å². The van der Waals surface area contributed by atoms with Gasteiger partial charge in [0.25, 0.3) is 0 Å². The lowest BCUT2D eigenvalue weighted by Crippen LogP contribution is -2.48. The second-order valence-electron chi connectivity index (χ2n) is 9.58. The van der Waals surface area contributed by atoms with Crippen LogP contribution in [-0.2, 0) is 21.6 Å². The van der Waals surface area contributed by atoms with Crippen LogP contribution >= 0.6 is 0 Å². The summed E-state index contributed by atoms with van der Waals surface area (Å²) in [6.45, 7) is 13.8. The molecule has 0 aromatic carbocycles. The average molecular weight is 404 g/mol. The fourth-order valence-electron chi connectivity index (χ4n) is 4.14. The number of rotatable bonds is 7. The SMILES string of the molecule is COCc1cc(N2CCN(CCC3CC(NC(C)=O)C3)CC2)nc(C(C)(C)C)n1. The predicted octanol–water partition coefficient (Wildman–Crippen LogP) is 2.35. The first-order valence-electron chi connectivity index (χ1n) is 10.9. The molecule has 0 atom stereocenters. The Labute approximate surface area is 175 Å². The van der Waals surface area contributed by atoms with Crippen LogP contribution < -0.4 is 10.2 Å². The van der Waals surface area contributed by atoms with E-state index in [1.54, 1.807) is 14.0 Å². The van der Waals surface area contributed by atoms with Gasteiger partial charge in [0.1, 0.15) is 11.6 Å². The van der Waals surface area contributed by atoms with Gasteiger partial charge in [-0.2, -0.15) is 0 Å². The Kier molecular flexibility index (Phi) is 7.11. The minimum Gasteiger partial charge on any atom is -0.378 e. The maximum atomic E-state index is 11.1. The Hall–Kier alpha value is -1.73. The van der Waals surface area contributed by atoms with Gasteiger partial charge in [0.2, 0.25) is 5.91 Å². The van der Waals surface area contributed by atoms with Crippen LogP contribution in [0.2, 0.25) is 0 Å². The van der Waals surface area contributed by atoms with Crippen molar-refractivity contribution in [3.8, 4) is 0 Å². The van der Waals surface area contributed by atoms with Gasteiger partial charge in [-0.25, -0.2) is 9.97 Å². The van der Waals surface area contributed by atoms with Crippen molar-refractivity contribution in [2.45, 2.75) is 65.0 Å². The summed E-state index contributed by atoms with van der Waals surface area (Å²) in [6.07, 6.45) is 3.51. The molecule has 0 spiro atoms. The fourth-order valence-corrected chi connectivity index (χ4v) is 4.14. The number of piperazine rings is 1. The van der Waals surface area contributed by atoms with Crippen LogP contribution in [0.5, 0.6) is 0 Å². The van der Waals surface area contributed by atoms with Crippen molar-refractivity contribution in [1.29, 1.82) is 0 Å². The molecule has 3 rings (SSSR count). The van der Waals surface area contributed by atoms with E-state index in [1.165, 1.54) is 6.42 Å². The minimum atomic E-state index is -0.0851. The van der Waals surface area contributed by atoms with Crippen molar-refractivity contribution in [3.05, 3.63) is 17.6 Å². The van der Waals surface area contributed by atoms with Gasteiger partial charge in [0.05, 0.1) is 12.3 Å². The van der Waals surface area contributed by atoms with Crippen molar-refractivity contribution in [2.75, 3.05) is 44.7 Å². The lowest BCUT2D eigenvalue weighted by Gasteiger charge is -2.39. The van der Waals surface area contributed by atoms with Crippen LogP contribution in [0.3, 0.4) is 0 Å². The largest absolute Gasteiger partial charge is 0.378 e. The van der Waals surface area contributed by atoms with E-state index in [2.05, 4.69) is 42.0 Å². The Morgan fingerprint density at radius 1 is 1.21 bits per heavy atom.